The maximum absolute atomic E-state index is 13.3. The largest absolute Gasteiger partial charge is 0.381 e. The molecule has 1 saturated carbocycles. The van der Waals surface area contributed by atoms with Crippen LogP contribution in [-0.2, 0) is 19.5 Å². The number of rotatable bonds is 8. The third-order valence-electron chi connectivity index (χ3n) is 6.40. The summed E-state index contributed by atoms with van der Waals surface area (Å²) < 4.78 is 42.2. The summed E-state index contributed by atoms with van der Waals surface area (Å²) in [5.41, 5.74) is 0.131. The number of ether oxygens (including phenoxy) is 2. The van der Waals surface area contributed by atoms with E-state index in [1.807, 2.05) is 4.57 Å². The van der Waals surface area contributed by atoms with Gasteiger partial charge in [-0.1, -0.05) is 25.4 Å². The Balaban J connectivity index is 1.62. The first-order valence-electron chi connectivity index (χ1n) is 10.7. The van der Waals surface area contributed by atoms with Crippen molar-refractivity contribution in [3.05, 3.63) is 29.1 Å². The predicted octanol–water partition coefficient (Wildman–Crippen LogP) is 3.10. The van der Waals surface area contributed by atoms with Crippen LogP contribution in [0.25, 0.3) is 0 Å². The molecule has 2 aromatic heterocycles. The van der Waals surface area contributed by atoms with Gasteiger partial charge in [-0.2, -0.15) is 0 Å². The Morgan fingerprint density at radius 2 is 1.88 bits per heavy atom. The monoisotopic (exact) mass is 484 g/mol. The van der Waals surface area contributed by atoms with Crippen LogP contribution in [0.4, 0.5) is 5.95 Å². The number of hydrogen-bond donors (Lipinski definition) is 1. The third kappa shape index (κ3) is 4.61. The van der Waals surface area contributed by atoms with Crippen molar-refractivity contribution >= 4 is 27.6 Å². The highest BCUT2D eigenvalue weighted by atomic mass is 35.5. The number of sulfonamides is 1. The highest BCUT2D eigenvalue weighted by Crippen LogP contribution is 2.58. The fourth-order valence-electron chi connectivity index (χ4n) is 4.18. The molecule has 0 bridgehead atoms. The molecule has 2 unspecified atom stereocenters. The van der Waals surface area contributed by atoms with Crippen LogP contribution in [-0.4, -0.2) is 58.7 Å². The minimum absolute atomic E-state index is 0.0796. The highest BCUT2D eigenvalue weighted by Gasteiger charge is 2.50. The average molecular weight is 485 g/mol. The number of anilines is 1. The van der Waals surface area contributed by atoms with Gasteiger partial charge in [-0.05, 0) is 31.6 Å². The van der Waals surface area contributed by atoms with Crippen LogP contribution in [0.3, 0.4) is 0 Å². The van der Waals surface area contributed by atoms with E-state index in [0.29, 0.717) is 18.2 Å². The molecule has 0 aromatic carbocycles. The fraction of sp³-hybridized carbons (Fsp3) is 0.700. The molecule has 3 heterocycles. The second kappa shape index (κ2) is 8.85. The van der Waals surface area contributed by atoms with Crippen molar-refractivity contribution in [2.75, 3.05) is 25.0 Å². The molecule has 12 heteroatoms. The van der Waals surface area contributed by atoms with E-state index in [9.17, 15) is 8.42 Å². The number of methoxy groups -OCH3 is 1. The summed E-state index contributed by atoms with van der Waals surface area (Å²) in [5, 5.41) is 8.01. The lowest BCUT2D eigenvalue weighted by Crippen LogP contribution is -2.34. The Hall–Kier alpha value is -1.82. The molecule has 2 fully saturated rings. The van der Waals surface area contributed by atoms with Gasteiger partial charge in [0.15, 0.2) is 5.82 Å². The lowest BCUT2D eigenvalue weighted by Gasteiger charge is -2.27. The Bertz CT molecular complexity index is 1050. The van der Waals surface area contributed by atoms with Crippen LogP contribution in [0.1, 0.15) is 69.7 Å². The normalized spacial score (nSPS) is 23.0. The maximum atomic E-state index is 13.3. The molecule has 0 amide bonds. The summed E-state index contributed by atoms with van der Waals surface area (Å²) in [5.74, 6) is 1.55. The summed E-state index contributed by atoms with van der Waals surface area (Å²) in [6.45, 7) is 7.16. The van der Waals surface area contributed by atoms with Crippen molar-refractivity contribution < 1.29 is 17.9 Å². The second-order valence-corrected chi connectivity index (χ2v) is 11.6. The van der Waals surface area contributed by atoms with Gasteiger partial charge < -0.3 is 9.47 Å². The van der Waals surface area contributed by atoms with Crippen molar-refractivity contribution in [1.29, 1.82) is 0 Å². The molecule has 2 aromatic rings. The molecule has 0 radical (unpaired) electrons. The van der Waals surface area contributed by atoms with Gasteiger partial charge >= 0.3 is 0 Å². The molecule has 4 rings (SSSR count). The van der Waals surface area contributed by atoms with E-state index < -0.39 is 21.4 Å². The first-order chi connectivity index (χ1) is 15.1. The minimum atomic E-state index is -3.91. The summed E-state index contributed by atoms with van der Waals surface area (Å²) in [7, 11) is -2.48. The zero-order valence-corrected chi connectivity index (χ0v) is 20.2. The Morgan fingerprint density at radius 3 is 2.44 bits per heavy atom. The molecule has 0 spiro atoms. The first-order valence-corrected chi connectivity index (χ1v) is 12.6. The number of nitrogens with zero attached hydrogens (tertiary/aromatic N) is 5. The molecule has 1 saturated heterocycles. The zero-order valence-electron chi connectivity index (χ0n) is 18.7. The number of halogens is 1. The van der Waals surface area contributed by atoms with Crippen molar-refractivity contribution in [1.82, 2.24) is 24.7 Å². The number of hydrogen-bond acceptors (Lipinski definition) is 8. The molecule has 32 heavy (non-hydrogen) atoms. The third-order valence-corrected chi connectivity index (χ3v) is 8.29. The van der Waals surface area contributed by atoms with Crippen LogP contribution in [0.2, 0.25) is 5.02 Å². The molecule has 1 aliphatic carbocycles. The van der Waals surface area contributed by atoms with Crippen LogP contribution < -0.4 is 4.72 Å². The summed E-state index contributed by atoms with van der Waals surface area (Å²) >= 11 is 5.86. The Kier molecular flexibility index (Phi) is 6.45. The average Bonchev–Trinajstić information content (AvgIpc) is 3.21. The summed E-state index contributed by atoms with van der Waals surface area (Å²) in [6, 6.07) is 0.0796. The minimum Gasteiger partial charge on any atom is -0.381 e. The molecular formula is C20H29ClN6O4S. The summed E-state index contributed by atoms with van der Waals surface area (Å²) in [6.07, 6.45) is 4.49. The fourth-order valence-corrected chi connectivity index (χ4v) is 5.42. The lowest BCUT2D eigenvalue weighted by atomic mass is 10.1. The molecule has 1 N–H and O–H groups in total. The van der Waals surface area contributed by atoms with Gasteiger partial charge in [-0.3, -0.25) is 9.29 Å². The first kappa shape index (κ1) is 23.3. The number of aromatic nitrogens is 5. The van der Waals surface area contributed by atoms with Gasteiger partial charge in [0, 0.05) is 44.7 Å². The van der Waals surface area contributed by atoms with Crippen molar-refractivity contribution in [2.24, 2.45) is 5.41 Å². The second-order valence-electron chi connectivity index (χ2n) is 9.11. The van der Waals surface area contributed by atoms with Crippen LogP contribution in [0.15, 0.2) is 12.4 Å². The van der Waals surface area contributed by atoms with E-state index >= 15 is 0 Å². The van der Waals surface area contributed by atoms with Gasteiger partial charge in [-0.25, -0.2) is 18.4 Å². The van der Waals surface area contributed by atoms with E-state index in [2.05, 4.69) is 38.7 Å². The van der Waals surface area contributed by atoms with E-state index in [-0.39, 0.29) is 29.1 Å². The van der Waals surface area contributed by atoms with E-state index in [1.54, 1.807) is 6.92 Å². The highest BCUT2D eigenvalue weighted by molar-refractivity contribution is 7.93. The van der Waals surface area contributed by atoms with Crippen LogP contribution in [0, 0.1) is 5.41 Å². The smallest absolute Gasteiger partial charge is 0.240 e. The molecule has 1 aliphatic heterocycles. The van der Waals surface area contributed by atoms with Gasteiger partial charge in [0.1, 0.15) is 17.2 Å². The van der Waals surface area contributed by atoms with Crippen molar-refractivity contribution in [2.45, 2.75) is 63.3 Å². The summed E-state index contributed by atoms with van der Waals surface area (Å²) in [4.78, 5) is 8.25. The lowest BCUT2D eigenvalue weighted by molar-refractivity contribution is 0.0692. The van der Waals surface area contributed by atoms with E-state index in [4.69, 9.17) is 21.1 Å². The van der Waals surface area contributed by atoms with Crippen LogP contribution in [0.5, 0.6) is 0 Å². The van der Waals surface area contributed by atoms with Gasteiger partial charge in [0.25, 0.3) is 0 Å². The molecule has 10 nitrogen and oxygen atoms in total. The molecule has 3 atom stereocenters. The van der Waals surface area contributed by atoms with Crippen molar-refractivity contribution in [3.8, 4) is 0 Å². The standard InChI is InChI=1S/C20H29ClN6O4S/c1-12(16(30-4)17-22-10-13(21)11-23-17)32(28,29)26-19-25-24-18(15-9-20(15,2)3)27(19)14-5-7-31-8-6-14/h10-12,14-16H,5-9H2,1-4H3,(H,25,26)/t12?,15-,16?/m1/s1. The van der Waals surface area contributed by atoms with Gasteiger partial charge in [0.2, 0.25) is 16.0 Å². The Morgan fingerprint density at radius 1 is 1.25 bits per heavy atom. The maximum Gasteiger partial charge on any atom is 0.240 e. The van der Waals surface area contributed by atoms with Crippen molar-refractivity contribution in [3.63, 3.8) is 0 Å². The molecular weight excluding hydrogens is 456 g/mol. The van der Waals surface area contributed by atoms with Gasteiger partial charge in [0.05, 0.1) is 5.02 Å². The topological polar surface area (TPSA) is 121 Å². The van der Waals surface area contributed by atoms with E-state index in [1.165, 1.54) is 19.5 Å². The molecule has 176 valence electrons. The molecule has 2 aliphatic rings. The predicted molar refractivity (Wildman–Crippen MR) is 119 cm³/mol. The van der Waals surface area contributed by atoms with Crippen LogP contribution >= 0.6 is 11.6 Å². The Labute approximate surface area is 193 Å². The quantitative estimate of drug-likeness (QED) is 0.606. The zero-order chi connectivity index (χ0) is 23.1. The SMILES string of the molecule is COC(c1ncc(Cl)cn1)C(C)S(=O)(=O)Nc1nnc([C@H]2CC2(C)C)n1C1CCOCC1. The van der Waals surface area contributed by atoms with E-state index in [0.717, 1.165) is 25.1 Å². The number of nitrogens with one attached hydrogen (secondary N) is 1. The van der Waals surface area contributed by atoms with Gasteiger partial charge in [-0.15, -0.1) is 10.2 Å².